The molecule has 26 heavy (non-hydrogen) atoms. The van der Waals surface area contributed by atoms with Crippen molar-refractivity contribution in [2.45, 2.75) is 31.7 Å². The Morgan fingerprint density at radius 3 is 2.69 bits per heavy atom. The third-order valence-corrected chi connectivity index (χ3v) is 5.69. The molecule has 1 aromatic carbocycles. The predicted molar refractivity (Wildman–Crippen MR) is 106 cm³/mol. The Morgan fingerprint density at radius 1 is 1.19 bits per heavy atom. The van der Waals surface area contributed by atoms with E-state index in [1.165, 1.54) is 0 Å². The van der Waals surface area contributed by atoms with Crippen LogP contribution in [0.5, 0.6) is 0 Å². The van der Waals surface area contributed by atoms with Crippen LogP contribution < -0.4 is 10.6 Å². The van der Waals surface area contributed by atoms with Gasteiger partial charge in [-0.05, 0) is 62.9 Å². The van der Waals surface area contributed by atoms with Crippen LogP contribution in [-0.4, -0.2) is 48.9 Å². The molecule has 0 aromatic heterocycles. The van der Waals surface area contributed by atoms with Crippen LogP contribution in [-0.2, 0) is 4.79 Å². The summed E-state index contributed by atoms with van der Waals surface area (Å²) in [4.78, 5) is 27.0. The summed E-state index contributed by atoms with van der Waals surface area (Å²) < 4.78 is 0. The molecule has 1 aromatic rings. The number of carbonyl (C=O) groups is 2. The summed E-state index contributed by atoms with van der Waals surface area (Å²) in [6, 6.07) is 4.42. The van der Waals surface area contributed by atoms with Gasteiger partial charge in [0, 0.05) is 18.7 Å². The van der Waals surface area contributed by atoms with Gasteiger partial charge in [-0.25, -0.2) is 0 Å². The van der Waals surface area contributed by atoms with Gasteiger partial charge in [0.2, 0.25) is 5.91 Å². The highest BCUT2D eigenvalue weighted by atomic mass is 35.5. The summed E-state index contributed by atoms with van der Waals surface area (Å²) in [5, 5.41) is 7.14. The van der Waals surface area contributed by atoms with Gasteiger partial charge in [-0.2, -0.15) is 0 Å². The number of carbonyl (C=O) groups excluding carboxylic acids is 2. The average molecular weight is 421 g/mol. The lowest BCUT2D eigenvalue weighted by Crippen LogP contribution is -2.48. The zero-order chi connectivity index (χ0) is 17.8. The maximum atomic E-state index is 12.8. The topological polar surface area (TPSA) is 61.4 Å². The largest absolute Gasteiger partial charge is 0.354 e. The Bertz CT molecular complexity index is 651. The minimum atomic E-state index is -0.404. The molecule has 0 saturated carbocycles. The Labute approximate surface area is 170 Å². The smallest absolute Gasteiger partial charge is 0.254 e. The molecule has 0 spiro atoms. The molecule has 2 aliphatic heterocycles. The second kappa shape index (κ2) is 9.79. The fraction of sp³-hybridized carbons (Fsp3) is 0.556. The molecule has 144 valence electrons. The number of likely N-dealkylation sites (tertiary alicyclic amines) is 1. The first kappa shape index (κ1) is 21.3. The quantitative estimate of drug-likeness (QED) is 0.786. The van der Waals surface area contributed by atoms with Crippen molar-refractivity contribution < 1.29 is 9.59 Å². The van der Waals surface area contributed by atoms with Gasteiger partial charge in [-0.15, -0.1) is 12.4 Å². The van der Waals surface area contributed by atoms with E-state index in [2.05, 4.69) is 10.6 Å². The summed E-state index contributed by atoms with van der Waals surface area (Å²) in [5.41, 5.74) is 0.464. The molecule has 5 nitrogen and oxygen atoms in total. The number of hydrogen-bond donors (Lipinski definition) is 2. The van der Waals surface area contributed by atoms with E-state index in [0.717, 1.165) is 32.4 Å². The van der Waals surface area contributed by atoms with Gasteiger partial charge in [-0.1, -0.05) is 23.2 Å². The van der Waals surface area contributed by atoms with Crippen molar-refractivity contribution in [3.05, 3.63) is 33.8 Å². The fourth-order valence-electron chi connectivity index (χ4n) is 3.54. The maximum Gasteiger partial charge on any atom is 0.254 e. The van der Waals surface area contributed by atoms with E-state index in [4.69, 9.17) is 23.2 Å². The zero-order valence-electron chi connectivity index (χ0n) is 14.5. The van der Waals surface area contributed by atoms with E-state index in [0.29, 0.717) is 41.0 Å². The normalized spacial score (nSPS) is 22.6. The van der Waals surface area contributed by atoms with Gasteiger partial charge < -0.3 is 15.5 Å². The van der Waals surface area contributed by atoms with Crippen molar-refractivity contribution in [2.24, 2.45) is 5.92 Å². The molecule has 2 atom stereocenters. The average Bonchev–Trinajstić information content (AvgIpc) is 3.12. The minimum absolute atomic E-state index is 0. The molecule has 0 bridgehead atoms. The Morgan fingerprint density at radius 2 is 2.00 bits per heavy atom. The van der Waals surface area contributed by atoms with Crippen molar-refractivity contribution in [3.63, 3.8) is 0 Å². The van der Waals surface area contributed by atoms with Crippen LogP contribution in [0.15, 0.2) is 18.2 Å². The van der Waals surface area contributed by atoms with Gasteiger partial charge >= 0.3 is 0 Å². The van der Waals surface area contributed by atoms with Crippen molar-refractivity contribution >= 4 is 47.4 Å². The van der Waals surface area contributed by atoms with Crippen LogP contribution in [0.4, 0.5) is 0 Å². The van der Waals surface area contributed by atoms with Crippen molar-refractivity contribution in [3.8, 4) is 0 Å². The SMILES string of the molecule is Cl.O=C(NCC1CCCNC1)C1CCCN1C(=O)c1ccc(Cl)c(Cl)c1. The van der Waals surface area contributed by atoms with E-state index in [9.17, 15) is 9.59 Å². The molecular formula is C18H24Cl3N3O2. The lowest BCUT2D eigenvalue weighted by molar-refractivity contribution is -0.125. The molecule has 2 fully saturated rings. The zero-order valence-corrected chi connectivity index (χ0v) is 16.8. The Balaban J connectivity index is 0.00000243. The summed E-state index contributed by atoms with van der Waals surface area (Å²) >= 11 is 11.9. The molecule has 3 rings (SSSR count). The summed E-state index contributed by atoms with van der Waals surface area (Å²) in [6.45, 7) is 3.25. The summed E-state index contributed by atoms with van der Waals surface area (Å²) in [5.74, 6) is 0.241. The minimum Gasteiger partial charge on any atom is -0.354 e. The van der Waals surface area contributed by atoms with Crippen LogP contribution in [0.1, 0.15) is 36.0 Å². The molecule has 0 radical (unpaired) electrons. The molecule has 2 N–H and O–H groups in total. The van der Waals surface area contributed by atoms with Crippen LogP contribution in [0.25, 0.3) is 0 Å². The first-order valence-corrected chi connectivity index (χ1v) is 9.56. The number of rotatable bonds is 4. The Kier molecular flexibility index (Phi) is 8.02. The second-order valence-electron chi connectivity index (χ2n) is 6.74. The second-order valence-corrected chi connectivity index (χ2v) is 7.56. The van der Waals surface area contributed by atoms with Gasteiger partial charge in [0.05, 0.1) is 10.0 Å². The molecule has 2 amide bonds. The van der Waals surface area contributed by atoms with Crippen molar-refractivity contribution in [2.75, 3.05) is 26.2 Å². The molecule has 0 aliphatic carbocycles. The highest BCUT2D eigenvalue weighted by molar-refractivity contribution is 6.42. The van der Waals surface area contributed by atoms with Crippen molar-refractivity contribution in [1.29, 1.82) is 0 Å². The molecule has 2 heterocycles. The third-order valence-electron chi connectivity index (χ3n) is 4.95. The first-order chi connectivity index (χ1) is 12.1. The number of benzene rings is 1. The number of hydrogen-bond acceptors (Lipinski definition) is 3. The predicted octanol–water partition coefficient (Wildman–Crippen LogP) is 3.14. The van der Waals surface area contributed by atoms with Gasteiger partial charge in [0.25, 0.3) is 5.91 Å². The fourth-order valence-corrected chi connectivity index (χ4v) is 3.84. The monoisotopic (exact) mass is 419 g/mol. The highest BCUT2D eigenvalue weighted by Crippen LogP contribution is 2.26. The first-order valence-electron chi connectivity index (χ1n) is 8.80. The van der Waals surface area contributed by atoms with E-state index in [-0.39, 0.29) is 24.2 Å². The van der Waals surface area contributed by atoms with Crippen LogP contribution in [0, 0.1) is 5.92 Å². The number of nitrogens with one attached hydrogen (secondary N) is 2. The molecule has 2 unspecified atom stereocenters. The number of nitrogens with zero attached hydrogens (tertiary/aromatic N) is 1. The van der Waals surface area contributed by atoms with Crippen LogP contribution in [0.2, 0.25) is 10.0 Å². The standard InChI is InChI=1S/C18H23Cl2N3O2.ClH/c19-14-6-5-13(9-15(14)20)18(25)23-8-2-4-16(23)17(24)22-11-12-3-1-7-21-10-12;/h5-6,9,12,16,21H,1-4,7-8,10-11H2,(H,22,24);1H. The van der Waals surface area contributed by atoms with E-state index in [1.807, 2.05) is 0 Å². The number of amides is 2. The van der Waals surface area contributed by atoms with Crippen molar-refractivity contribution in [1.82, 2.24) is 15.5 Å². The summed E-state index contributed by atoms with van der Waals surface area (Å²) in [7, 11) is 0. The Hall–Kier alpha value is -1.01. The van der Waals surface area contributed by atoms with E-state index < -0.39 is 6.04 Å². The van der Waals surface area contributed by atoms with Crippen LogP contribution in [0.3, 0.4) is 0 Å². The third kappa shape index (κ3) is 5.03. The number of halogens is 3. The summed E-state index contributed by atoms with van der Waals surface area (Å²) in [6.07, 6.45) is 3.80. The van der Waals surface area contributed by atoms with Gasteiger partial charge in [0.1, 0.15) is 6.04 Å². The lowest BCUT2D eigenvalue weighted by Gasteiger charge is -2.27. The molecular weight excluding hydrogens is 397 g/mol. The highest BCUT2D eigenvalue weighted by Gasteiger charge is 2.34. The molecule has 2 aliphatic rings. The maximum absolute atomic E-state index is 12.8. The van der Waals surface area contributed by atoms with E-state index in [1.54, 1.807) is 23.1 Å². The number of piperidine rings is 1. The van der Waals surface area contributed by atoms with E-state index >= 15 is 0 Å². The lowest BCUT2D eigenvalue weighted by atomic mass is 9.99. The van der Waals surface area contributed by atoms with Gasteiger partial charge in [-0.3, -0.25) is 9.59 Å². The van der Waals surface area contributed by atoms with Gasteiger partial charge in [0.15, 0.2) is 0 Å². The molecule has 2 saturated heterocycles. The van der Waals surface area contributed by atoms with Crippen LogP contribution >= 0.6 is 35.6 Å². The molecule has 8 heteroatoms.